The van der Waals surface area contributed by atoms with E-state index in [4.69, 9.17) is 9.84 Å². The van der Waals surface area contributed by atoms with Crippen molar-refractivity contribution in [1.82, 2.24) is 14.5 Å². The van der Waals surface area contributed by atoms with Gasteiger partial charge in [-0.15, -0.1) is 0 Å². The molecular weight excluding hydrogens is 539 g/mol. The second-order valence-electron chi connectivity index (χ2n) is 10.2. The molecule has 0 fully saturated rings. The van der Waals surface area contributed by atoms with Crippen LogP contribution in [0.25, 0.3) is 22.3 Å². The Morgan fingerprint density at radius 2 is 1.74 bits per heavy atom. The van der Waals surface area contributed by atoms with E-state index in [0.717, 1.165) is 27.8 Å². The van der Waals surface area contributed by atoms with Crippen LogP contribution in [-0.4, -0.2) is 52.1 Å². The minimum Gasteiger partial charge on any atom is -0.496 e. The second-order valence-corrected chi connectivity index (χ2v) is 10.2. The lowest BCUT2D eigenvalue weighted by Crippen LogP contribution is -2.28. The highest BCUT2D eigenvalue weighted by molar-refractivity contribution is 6.04. The maximum atomic E-state index is 15.4. The molecule has 0 aliphatic heterocycles. The number of ether oxygens (including phenoxy) is 1. The van der Waals surface area contributed by atoms with Gasteiger partial charge in [-0.25, -0.2) is 9.37 Å². The summed E-state index contributed by atoms with van der Waals surface area (Å²) in [6.45, 7) is 4.31. The number of carboxylic acid groups (broad SMARTS) is 1. The molecule has 0 saturated heterocycles. The van der Waals surface area contributed by atoms with E-state index < -0.39 is 23.3 Å². The van der Waals surface area contributed by atoms with Crippen LogP contribution >= 0.6 is 0 Å². The van der Waals surface area contributed by atoms with Gasteiger partial charge in [0.05, 0.1) is 19.9 Å². The summed E-state index contributed by atoms with van der Waals surface area (Å²) in [4.78, 5) is 41.9. The first kappa shape index (κ1) is 30.1. The number of rotatable bonds is 10. The quantitative estimate of drug-likeness (QED) is 0.274. The van der Waals surface area contributed by atoms with Gasteiger partial charge in [0.15, 0.2) is 0 Å². The molecule has 0 unspecified atom stereocenters. The summed E-state index contributed by atoms with van der Waals surface area (Å²) < 4.78 is 22.2. The van der Waals surface area contributed by atoms with Crippen LogP contribution in [0, 0.1) is 19.7 Å². The Bertz CT molecular complexity index is 1720. The molecule has 10 heteroatoms. The molecule has 0 bridgehead atoms. The van der Waals surface area contributed by atoms with Gasteiger partial charge >= 0.3 is 5.97 Å². The Kier molecular flexibility index (Phi) is 9.17. The van der Waals surface area contributed by atoms with Crippen LogP contribution in [0.4, 0.5) is 10.1 Å². The molecular formula is C32H33FN4O5. The molecule has 1 aromatic heterocycles. The fraction of sp³-hybridized carbons (Fsp3) is 0.250. The number of nitrogens with zero attached hydrogens (tertiary/aromatic N) is 3. The van der Waals surface area contributed by atoms with Crippen LogP contribution in [-0.2, 0) is 18.4 Å². The van der Waals surface area contributed by atoms with Gasteiger partial charge in [-0.1, -0.05) is 30.3 Å². The molecule has 0 aliphatic carbocycles. The van der Waals surface area contributed by atoms with E-state index in [1.54, 1.807) is 24.1 Å². The Labute approximate surface area is 243 Å². The second kappa shape index (κ2) is 12.8. The number of aliphatic carboxylic acids is 1. The number of aromatic nitrogens is 2. The molecule has 1 heterocycles. The average molecular weight is 573 g/mol. The fourth-order valence-electron chi connectivity index (χ4n) is 4.89. The Morgan fingerprint density at radius 3 is 2.43 bits per heavy atom. The average Bonchev–Trinajstić information content (AvgIpc) is 2.95. The third-order valence-electron chi connectivity index (χ3n) is 7.27. The van der Waals surface area contributed by atoms with Gasteiger partial charge in [0.2, 0.25) is 0 Å². The number of nitrogens with one attached hydrogen (secondary N) is 1. The van der Waals surface area contributed by atoms with Crippen LogP contribution in [0.5, 0.6) is 5.75 Å². The summed E-state index contributed by atoms with van der Waals surface area (Å²) >= 11 is 0. The summed E-state index contributed by atoms with van der Waals surface area (Å²) in [6.07, 6.45) is 2.55. The van der Waals surface area contributed by atoms with Gasteiger partial charge in [-0.2, -0.15) is 0 Å². The minimum atomic E-state index is -0.914. The lowest BCUT2D eigenvalue weighted by Gasteiger charge is -2.20. The van der Waals surface area contributed by atoms with Gasteiger partial charge in [-0.05, 0) is 72.5 Å². The summed E-state index contributed by atoms with van der Waals surface area (Å²) in [5, 5.41) is 11.8. The van der Waals surface area contributed by atoms with Crippen LogP contribution in [0.15, 0.2) is 65.8 Å². The fourth-order valence-corrected chi connectivity index (χ4v) is 4.89. The molecule has 2 N–H and O–H groups in total. The summed E-state index contributed by atoms with van der Waals surface area (Å²) in [5.41, 5.74) is 5.32. The van der Waals surface area contributed by atoms with Gasteiger partial charge in [0.25, 0.3) is 11.5 Å². The van der Waals surface area contributed by atoms with Crippen molar-refractivity contribution in [3.63, 3.8) is 0 Å². The van der Waals surface area contributed by atoms with E-state index in [1.807, 2.05) is 44.2 Å². The van der Waals surface area contributed by atoms with E-state index in [-0.39, 0.29) is 25.1 Å². The number of amides is 1. The number of carboxylic acids is 1. The van der Waals surface area contributed by atoms with Crippen LogP contribution in [0.1, 0.15) is 33.5 Å². The molecule has 9 nitrogen and oxygen atoms in total. The molecule has 0 radical (unpaired) electrons. The van der Waals surface area contributed by atoms with Crippen LogP contribution in [0.3, 0.4) is 0 Å². The molecule has 0 spiro atoms. The first-order valence-corrected chi connectivity index (χ1v) is 13.3. The van der Waals surface area contributed by atoms with Crippen molar-refractivity contribution in [2.24, 2.45) is 7.05 Å². The van der Waals surface area contributed by atoms with E-state index >= 15 is 4.39 Å². The summed E-state index contributed by atoms with van der Waals surface area (Å²) in [7, 11) is 4.75. The monoisotopic (exact) mass is 572 g/mol. The van der Waals surface area contributed by atoms with Crippen molar-refractivity contribution in [3.8, 4) is 28.0 Å². The molecule has 1 amide bonds. The van der Waals surface area contributed by atoms with Crippen molar-refractivity contribution in [2.75, 3.05) is 26.0 Å². The number of anilines is 1. The van der Waals surface area contributed by atoms with Gasteiger partial charge in [-0.3, -0.25) is 14.4 Å². The van der Waals surface area contributed by atoms with E-state index in [1.165, 1.54) is 37.3 Å². The number of hydrogen-bond donors (Lipinski definition) is 2. The van der Waals surface area contributed by atoms with Crippen molar-refractivity contribution >= 4 is 17.6 Å². The smallest absolute Gasteiger partial charge is 0.304 e. The third-order valence-corrected chi connectivity index (χ3v) is 7.27. The Morgan fingerprint density at radius 1 is 1.07 bits per heavy atom. The maximum Gasteiger partial charge on any atom is 0.304 e. The maximum absolute atomic E-state index is 15.4. The lowest BCUT2D eigenvalue weighted by molar-refractivity contribution is -0.137. The predicted octanol–water partition coefficient (Wildman–Crippen LogP) is 5.04. The van der Waals surface area contributed by atoms with E-state index in [9.17, 15) is 14.4 Å². The van der Waals surface area contributed by atoms with Crippen molar-refractivity contribution in [1.29, 1.82) is 0 Å². The van der Waals surface area contributed by atoms with Crippen molar-refractivity contribution in [3.05, 3.63) is 99.5 Å². The Hall–Kier alpha value is -4.83. The number of carbonyl (C=O) groups excluding carboxylic acids is 1. The zero-order valence-corrected chi connectivity index (χ0v) is 24.2. The van der Waals surface area contributed by atoms with Crippen LogP contribution in [0.2, 0.25) is 0 Å². The summed E-state index contributed by atoms with van der Waals surface area (Å²) in [6, 6.07) is 14.5. The predicted molar refractivity (Wildman–Crippen MR) is 159 cm³/mol. The number of benzene rings is 3. The first-order chi connectivity index (χ1) is 20.0. The molecule has 3 aromatic carbocycles. The lowest BCUT2D eigenvalue weighted by atomic mass is 9.90. The van der Waals surface area contributed by atoms with E-state index in [2.05, 4.69) is 10.3 Å². The molecule has 218 valence electrons. The van der Waals surface area contributed by atoms with Gasteiger partial charge in [0, 0.05) is 37.6 Å². The van der Waals surface area contributed by atoms with Gasteiger partial charge in [0.1, 0.15) is 17.1 Å². The molecule has 42 heavy (non-hydrogen) atoms. The normalized spacial score (nSPS) is 11.0. The van der Waals surface area contributed by atoms with Gasteiger partial charge < -0.3 is 24.6 Å². The highest BCUT2D eigenvalue weighted by Crippen LogP contribution is 2.38. The number of hydrogen-bond acceptors (Lipinski definition) is 6. The third kappa shape index (κ3) is 6.39. The first-order valence-electron chi connectivity index (χ1n) is 13.3. The number of methoxy groups -OCH3 is 1. The SMILES string of the molecule is COc1cc(-c2cccc(-c3cccc(NC(=O)c4cncn(C)c4=O)c3C)c2C)cc(F)c1CN(C)CCC(=O)O. The molecule has 0 saturated carbocycles. The minimum absolute atomic E-state index is 0.0450. The topological polar surface area (TPSA) is 114 Å². The zero-order valence-electron chi connectivity index (χ0n) is 24.2. The summed E-state index contributed by atoms with van der Waals surface area (Å²) in [5.74, 6) is -1.54. The zero-order chi connectivity index (χ0) is 30.6. The standard InChI is InChI=1S/C32H33FN4O5/c1-19-22(21-14-27(33)26(29(15-21)42-5)17-36(3)13-12-30(38)39)8-6-9-23(19)24-10-7-11-28(20(24)2)35-31(40)25-16-34-18-37(4)32(25)41/h6-11,14-16,18H,12-13,17H2,1-5H3,(H,35,40)(H,38,39). The van der Waals surface area contributed by atoms with Crippen molar-refractivity contribution < 1.29 is 23.8 Å². The van der Waals surface area contributed by atoms with Crippen LogP contribution < -0.4 is 15.6 Å². The largest absolute Gasteiger partial charge is 0.496 e. The molecule has 0 aliphatic rings. The highest BCUT2D eigenvalue weighted by atomic mass is 19.1. The van der Waals surface area contributed by atoms with Crippen molar-refractivity contribution in [2.45, 2.75) is 26.8 Å². The molecule has 4 aromatic rings. The number of carbonyl (C=O) groups is 2. The molecule has 4 rings (SSSR count). The van der Waals surface area contributed by atoms with E-state index in [0.29, 0.717) is 22.6 Å². The highest BCUT2D eigenvalue weighted by Gasteiger charge is 2.19. The number of halogens is 1. The Balaban J connectivity index is 1.68. The number of aryl methyl sites for hydroxylation is 1. The molecule has 0 atom stereocenters.